The number of rotatable bonds is 11. The number of hydrogen-bond donors (Lipinski definition) is 2. The molecule has 214 valence electrons. The highest BCUT2D eigenvalue weighted by Crippen LogP contribution is 2.25. The number of methoxy groups -OCH3 is 1. The van der Waals surface area contributed by atoms with Crippen molar-refractivity contribution in [1.82, 2.24) is 19.6 Å². The number of pyridine rings is 1. The first-order valence-corrected chi connectivity index (χ1v) is 13.6. The van der Waals surface area contributed by atoms with E-state index in [1.165, 1.54) is 4.90 Å². The van der Waals surface area contributed by atoms with Gasteiger partial charge in [0.05, 0.1) is 19.9 Å². The van der Waals surface area contributed by atoms with Crippen LogP contribution in [0.3, 0.4) is 0 Å². The van der Waals surface area contributed by atoms with E-state index < -0.39 is 5.60 Å². The van der Waals surface area contributed by atoms with E-state index in [-0.39, 0.29) is 31.0 Å². The van der Waals surface area contributed by atoms with E-state index in [1.807, 2.05) is 67.8 Å². The first-order chi connectivity index (χ1) is 19.1. The SMILES string of the molecule is COc1ccc(CN2C(=O)CCN(c3cnc4cc(NCCCCCNC(=O)OC(C)(C)C)ccn34)C2=O)cc1. The van der Waals surface area contributed by atoms with E-state index in [4.69, 9.17) is 9.47 Å². The summed E-state index contributed by atoms with van der Waals surface area (Å²) in [7, 11) is 1.59. The zero-order valence-corrected chi connectivity index (χ0v) is 23.6. The minimum absolute atomic E-state index is 0.194. The van der Waals surface area contributed by atoms with Crippen LogP contribution in [0, 0.1) is 0 Å². The molecule has 1 fully saturated rings. The molecule has 2 aromatic heterocycles. The number of carbonyl (C=O) groups excluding carboxylic acids is 3. The molecule has 4 rings (SSSR count). The quantitative estimate of drug-likeness (QED) is 0.329. The molecule has 1 saturated heterocycles. The second-order valence-electron chi connectivity index (χ2n) is 10.7. The molecular weight excluding hydrogens is 512 g/mol. The first kappa shape index (κ1) is 28.7. The zero-order valence-electron chi connectivity index (χ0n) is 23.6. The lowest BCUT2D eigenvalue weighted by atomic mass is 10.2. The number of aromatic nitrogens is 2. The van der Waals surface area contributed by atoms with Gasteiger partial charge in [-0.1, -0.05) is 12.1 Å². The van der Waals surface area contributed by atoms with Crippen molar-refractivity contribution < 1.29 is 23.9 Å². The summed E-state index contributed by atoms with van der Waals surface area (Å²) in [6.45, 7) is 7.38. The smallest absolute Gasteiger partial charge is 0.407 e. The Kier molecular flexibility index (Phi) is 9.13. The van der Waals surface area contributed by atoms with Gasteiger partial charge < -0.3 is 20.1 Å². The largest absolute Gasteiger partial charge is 0.497 e. The zero-order chi connectivity index (χ0) is 28.7. The van der Waals surface area contributed by atoms with Crippen molar-refractivity contribution >= 4 is 35.2 Å². The van der Waals surface area contributed by atoms with E-state index >= 15 is 0 Å². The minimum Gasteiger partial charge on any atom is -0.497 e. The summed E-state index contributed by atoms with van der Waals surface area (Å²) >= 11 is 0. The second kappa shape index (κ2) is 12.7. The van der Waals surface area contributed by atoms with Crippen LogP contribution in [-0.4, -0.2) is 64.7 Å². The average molecular weight is 551 g/mol. The number of nitrogens with zero attached hydrogens (tertiary/aromatic N) is 4. The Morgan fingerprint density at radius 1 is 1.05 bits per heavy atom. The van der Waals surface area contributed by atoms with Gasteiger partial charge in [0.25, 0.3) is 0 Å². The Morgan fingerprint density at radius 3 is 2.52 bits per heavy atom. The third-order valence-electron chi connectivity index (χ3n) is 6.43. The van der Waals surface area contributed by atoms with E-state index in [0.29, 0.717) is 30.3 Å². The van der Waals surface area contributed by atoms with Crippen LogP contribution in [0.5, 0.6) is 5.75 Å². The van der Waals surface area contributed by atoms with Crippen LogP contribution in [0.25, 0.3) is 5.65 Å². The van der Waals surface area contributed by atoms with Crippen LogP contribution >= 0.6 is 0 Å². The van der Waals surface area contributed by atoms with Crippen LogP contribution in [0.15, 0.2) is 48.8 Å². The van der Waals surface area contributed by atoms with Gasteiger partial charge in [0.2, 0.25) is 5.91 Å². The highest BCUT2D eigenvalue weighted by atomic mass is 16.6. The molecular formula is C29H38N6O5. The van der Waals surface area contributed by atoms with Crippen molar-refractivity contribution in [3.63, 3.8) is 0 Å². The number of urea groups is 1. The average Bonchev–Trinajstić information content (AvgIpc) is 3.33. The molecule has 40 heavy (non-hydrogen) atoms. The number of unbranched alkanes of at least 4 members (excludes halogenated alkanes) is 2. The van der Waals surface area contributed by atoms with Crippen molar-refractivity contribution in [3.05, 3.63) is 54.4 Å². The maximum atomic E-state index is 13.3. The van der Waals surface area contributed by atoms with Crippen LogP contribution in [0.2, 0.25) is 0 Å². The number of hydrogen-bond acceptors (Lipinski definition) is 7. The summed E-state index contributed by atoms with van der Waals surface area (Å²) < 4.78 is 12.3. The topological polar surface area (TPSA) is 118 Å². The number of carbonyl (C=O) groups is 3. The molecule has 3 aromatic rings. The number of fused-ring (bicyclic) bond motifs is 1. The molecule has 0 bridgehead atoms. The summed E-state index contributed by atoms with van der Waals surface area (Å²) in [5.74, 6) is 1.14. The van der Waals surface area contributed by atoms with Crippen molar-refractivity contribution in [2.75, 3.05) is 37.0 Å². The summed E-state index contributed by atoms with van der Waals surface area (Å²) in [6, 6.07) is 10.8. The molecule has 0 spiro atoms. The van der Waals surface area contributed by atoms with Crippen molar-refractivity contribution in [1.29, 1.82) is 0 Å². The Balaban J connectivity index is 1.29. The number of imide groups is 1. The first-order valence-electron chi connectivity index (χ1n) is 13.6. The van der Waals surface area contributed by atoms with E-state index in [2.05, 4.69) is 15.6 Å². The van der Waals surface area contributed by atoms with Crippen LogP contribution < -0.4 is 20.3 Å². The van der Waals surface area contributed by atoms with Crippen molar-refractivity contribution in [2.45, 2.75) is 58.6 Å². The van der Waals surface area contributed by atoms with Gasteiger partial charge in [-0.25, -0.2) is 14.6 Å². The van der Waals surface area contributed by atoms with Crippen molar-refractivity contribution in [3.8, 4) is 5.75 Å². The monoisotopic (exact) mass is 550 g/mol. The summed E-state index contributed by atoms with van der Waals surface area (Å²) in [4.78, 5) is 45.0. The molecule has 1 aliphatic rings. The third-order valence-corrected chi connectivity index (χ3v) is 6.43. The Bertz CT molecular complexity index is 1330. The maximum Gasteiger partial charge on any atom is 0.407 e. The molecule has 4 amide bonds. The Hall–Kier alpha value is -4.28. The number of imidazole rings is 1. The van der Waals surface area contributed by atoms with Crippen LogP contribution in [0.1, 0.15) is 52.0 Å². The number of nitrogens with one attached hydrogen (secondary N) is 2. The maximum absolute atomic E-state index is 13.3. The minimum atomic E-state index is -0.495. The Labute approximate surface area is 234 Å². The standard InChI is InChI=1S/C29H38N6O5/c1-29(2,3)40-27(37)31-15-7-5-6-14-30-22-12-16-33-24(18-22)32-19-25(33)34-17-13-26(36)35(28(34)38)20-21-8-10-23(39-4)11-9-21/h8-12,16,18-19,30H,5-7,13-15,17,20H2,1-4H3,(H,31,37). The molecule has 0 aliphatic carbocycles. The van der Waals surface area contributed by atoms with Crippen LogP contribution in [-0.2, 0) is 16.1 Å². The molecule has 0 saturated carbocycles. The highest BCUT2D eigenvalue weighted by molar-refractivity contribution is 6.05. The summed E-state index contributed by atoms with van der Waals surface area (Å²) in [5, 5.41) is 6.18. The lowest BCUT2D eigenvalue weighted by molar-refractivity contribution is -0.129. The molecule has 0 radical (unpaired) electrons. The molecule has 11 heteroatoms. The number of amides is 4. The van der Waals surface area contributed by atoms with Gasteiger partial charge in [-0.3, -0.25) is 19.0 Å². The lowest BCUT2D eigenvalue weighted by Gasteiger charge is -2.33. The van der Waals surface area contributed by atoms with Gasteiger partial charge >= 0.3 is 12.1 Å². The number of alkyl carbamates (subject to hydrolysis) is 1. The summed E-state index contributed by atoms with van der Waals surface area (Å²) in [6.07, 6.45) is 6.16. The third kappa shape index (κ3) is 7.43. The van der Waals surface area contributed by atoms with Gasteiger partial charge in [-0.15, -0.1) is 0 Å². The molecule has 1 aromatic carbocycles. The van der Waals surface area contributed by atoms with E-state index in [0.717, 1.165) is 37.1 Å². The Morgan fingerprint density at radius 2 is 1.80 bits per heavy atom. The fourth-order valence-electron chi connectivity index (χ4n) is 4.41. The van der Waals surface area contributed by atoms with Gasteiger partial charge in [0.1, 0.15) is 22.8 Å². The normalized spacial score (nSPS) is 14.0. The van der Waals surface area contributed by atoms with Gasteiger partial charge in [0, 0.05) is 44.0 Å². The van der Waals surface area contributed by atoms with E-state index in [1.54, 1.807) is 18.2 Å². The predicted molar refractivity (Wildman–Crippen MR) is 153 cm³/mol. The van der Waals surface area contributed by atoms with Crippen LogP contribution in [0.4, 0.5) is 21.1 Å². The van der Waals surface area contributed by atoms with Gasteiger partial charge in [-0.2, -0.15) is 0 Å². The van der Waals surface area contributed by atoms with Crippen molar-refractivity contribution in [2.24, 2.45) is 0 Å². The predicted octanol–water partition coefficient (Wildman–Crippen LogP) is 4.81. The number of anilines is 2. The van der Waals surface area contributed by atoms with Gasteiger partial charge in [0.15, 0.2) is 0 Å². The fraction of sp³-hybridized carbons (Fsp3) is 0.448. The molecule has 0 unspecified atom stereocenters. The number of benzene rings is 1. The van der Waals surface area contributed by atoms with E-state index in [9.17, 15) is 14.4 Å². The summed E-state index contributed by atoms with van der Waals surface area (Å²) in [5.41, 5.74) is 1.98. The molecule has 1 aliphatic heterocycles. The molecule has 2 N–H and O–H groups in total. The second-order valence-corrected chi connectivity index (χ2v) is 10.7. The highest BCUT2D eigenvalue weighted by Gasteiger charge is 2.34. The fourth-order valence-corrected chi connectivity index (χ4v) is 4.41. The number of ether oxygens (including phenoxy) is 2. The van der Waals surface area contributed by atoms with Gasteiger partial charge in [-0.05, 0) is 63.8 Å². The molecule has 0 atom stereocenters. The molecule has 11 nitrogen and oxygen atoms in total. The lowest BCUT2D eigenvalue weighted by Crippen LogP contribution is -2.52. The molecule has 3 heterocycles.